The number of nitrogens with zero attached hydrogens (tertiary/aromatic N) is 3. The molecule has 0 amide bonds. The van der Waals surface area contributed by atoms with Crippen LogP contribution in [0.25, 0.3) is 22.0 Å². The lowest BCUT2D eigenvalue weighted by atomic mass is 9.99. The maximum absolute atomic E-state index is 14.5. The summed E-state index contributed by atoms with van der Waals surface area (Å²) in [4.78, 5) is 10.7. The van der Waals surface area contributed by atoms with E-state index in [1.165, 1.54) is 12.4 Å². The summed E-state index contributed by atoms with van der Waals surface area (Å²) >= 11 is 13.1. The van der Waals surface area contributed by atoms with E-state index in [1.807, 2.05) is 6.07 Å². The van der Waals surface area contributed by atoms with Crippen LogP contribution in [0.15, 0.2) is 36.7 Å². The predicted molar refractivity (Wildman–Crippen MR) is 110 cm³/mol. The van der Waals surface area contributed by atoms with Crippen LogP contribution in [0.5, 0.6) is 0 Å². The van der Waals surface area contributed by atoms with Gasteiger partial charge in [-0.15, -0.1) is 0 Å². The van der Waals surface area contributed by atoms with Gasteiger partial charge in [0, 0.05) is 18.3 Å². The molecule has 0 saturated carbocycles. The summed E-state index contributed by atoms with van der Waals surface area (Å²) in [7, 11) is 0. The van der Waals surface area contributed by atoms with Crippen molar-refractivity contribution in [2.45, 2.75) is 18.1 Å². The monoisotopic (exact) mass is 423 g/mol. The van der Waals surface area contributed by atoms with Crippen molar-refractivity contribution < 1.29 is 8.94 Å². The SMILES string of the molecule is OSC1CCCN(c2ncnc3c(F)ccc(-c4ccc(Cl)c(Cl)c4)c23)C1. The molecular formula is C19H16Cl2FN3OS. The van der Waals surface area contributed by atoms with Crippen LogP contribution < -0.4 is 4.90 Å². The van der Waals surface area contributed by atoms with Gasteiger partial charge < -0.3 is 9.45 Å². The van der Waals surface area contributed by atoms with Gasteiger partial charge in [0.1, 0.15) is 23.5 Å². The smallest absolute Gasteiger partial charge is 0.149 e. The second kappa shape index (κ2) is 7.80. The molecule has 1 saturated heterocycles. The van der Waals surface area contributed by atoms with E-state index in [0.29, 0.717) is 27.8 Å². The summed E-state index contributed by atoms with van der Waals surface area (Å²) in [6.45, 7) is 1.44. The number of benzene rings is 2. The topological polar surface area (TPSA) is 49.2 Å². The molecule has 0 bridgehead atoms. The van der Waals surface area contributed by atoms with Gasteiger partial charge in [0.25, 0.3) is 0 Å². The molecule has 1 fully saturated rings. The Morgan fingerprint density at radius 3 is 2.78 bits per heavy atom. The van der Waals surface area contributed by atoms with Crippen LogP contribution in [0, 0.1) is 5.82 Å². The Hall–Kier alpha value is -1.60. The molecule has 1 N–H and O–H groups in total. The van der Waals surface area contributed by atoms with Crippen LogP contribution in [0.1, 0.15) is 12.8 Å². The summed E-state index contributed by atoms with van der Waals surface area (Å²) in [5.41, 5.74) is 1.87. The van der Waals surface area contributed by atoms with Gasteiger partial charge >= 0.3 is 0 Å². The Kier molecular flexibility index (Phi) is 5.41. The second-order valence-corrected chi connectivity index (χ2v) is 8.15. The summed E-state index contributed by atoms with van der Waals surface area (Å²) in [6.07, 6.45) is 3.25. The first-order valence-corrected chi connectivity index (χ1v) is 10.1. The molecule has 4 nitrogen and oxygen atoms in total. The molecule has 2 heterocycles. The highest BCUT2D eigenvalue weighted by molar-refractivity contribution is 7.94. The largest absolute Gasteiger partial charge is 0.355 e. The third kappa shape index (κ3) is 3.59. The fourth-order valence-corrected chi connectivity index (χ4v) is 4.30. The van der Waals surface area contributed by atoms with Crippen molar-refractivity contribution in [2.24, 2.45) is 0 Å². The van der Waals surface area contributed by atoms with Crippen molar-refractivity contribution in [2.75, 3.05) is 18.0 Å². The first kappa shape index (κ1) is 18.7. The van der Waals surface area contributed by atoms with E-state index in [1.54, 1.807) is 18.2 Å². The van der Waals surface area contributed by atoms with Crippen molar-refractivity contribution in [1.82, 2.24) is 9.97 Å². The zero-order chi connectivity index (χ0) is 19.0. The fraction of sp³-hybridized carbons (Fsp3) is 0.263. The lowest BCUT2D eigenvalue weighted by Gasteiger charge is -2.33. The zero-order valence-corrected chi connectivity index (χ0v) is 16.5. The molecule has 0 spiro atoms. The van der Waals surface area contributed by atoms with Crippen LogP contribution in [-0.2, 0) is 0 Å². The molecule has 1 aromatic heterocycles. The molecule has 0 radical (unpaired) electrons. The number of fused-ring (bicyclic) bond motifs is 1. The minimum Gasteiger partial charge on any atom is -0.355 e. The van der Waals surface area contributed by atoms with Crippen molar-refractivity contribution in [3.63, 3.8) is 0 Å². The van der Waals surface area contributed by atoms with Crippen molar-refractivity contribution >= 4 is 52.0 Å². The van der Waals surface area contributed by atoms with Gasteiger partial charge in [0.15, 0.2) is 0 Å². The first-order valence-electron chi connectivity index (χ1n) is 8.52. The van der Waals surface area contributed by atoms with Gasteiger partial charge in [-0.1, -0.05) is 35.3 Å². The molecule has 27 heavy (non-hydrogen) atoms. The summed E-state index contributed by atoms with van der Waals surface area (Å²) in [5.74, 6) is 0.266. The van der Waals surface area contributed by atoms with Crippen LogP contribution in [0.3, 0.4) is 0 Å². The van der Waals surface area contributed by atoms with Crippen LogP contribution in [0.4, 0.5) is 10.2 Å². The van der Waals surface area contributed by atoms with Crippen molar-refractivity contribution in [3.05, 3.63) is 52.5 Å². The van der Waals surface area contributed by atoms with Crippen molar-refractivity contribution in [3.8, 4) is 11.1 Å². The van der Waals surface area contributed by atoms with E-state index < -0.39 is 5.82 Å². The third-order valence-electron chi connectivity index (χ3n) is 4.78. The van der Waals surface area contributed by atoms with Crippen LogP contribution in [0.2, 0.25) is 10.0 Å². The highest BCUT2D eigenvalue weighted by Gasteiger charge is 2.25. The van der Waals surface area contributed by atoms with Gasteiger partial charge in [0.2, 0.25) is 0 Å². The molecule has 140 valence electrons. The Balaban J connectivity index is 1.92. The summed E-state index contributed by atoms with van der Waals surface area (Å²) in [6, 6.07) is 8.44. The van der Waals surface area contributed by atoms with Gasteiger partial charge in [-0.05, 0) is 54.2 Å². The standard InChI is InChI=1S/C19H16Cl2FN3OS/c20-14-5-3-11(8-15(14)21)13-4-6-16(22)18-17(13)19(24-10-23-18)25-7-1-2-12(9-25)27-26/h3-6,8,10,12,26H,1-2,7,9H2. The number of anilines is 1. The quantitative estimate of drug-likeness (QED) is 0.529. The third-order valence-corrected chi connectivity index (χ3v) is 6.20. The normalized spacial score (nSPS) is 17.5. The highest BCUT2D eigenvalue weighted by Crippen LogP contribution is 2.38. The fourth-order valence-electron chi connectivity index (χ4n) is 3.48. The van der Waals surface area contributed by atoms with Crippen molar-refractivity contribution in [1.29, 1.82) is 0 Å². The maximum Gasteiger partial charge on any atom is 0.149 e. The summed E-state index contributed by atoms with van der Waals surface area (Å²) in [5, 5.41) is 1.63. The lowest BCUT2D eigenvalue weighted by Crippen LogP contribution is -2.37. The molecule has 4 rings (SSSR count). The van der Waals surface area contributed by atoms with Gasteiger partial charge in [-0.2, -0.15) is 0 Å². The molecule has 0 aliphatic carbocycles. The number of piperidine rings is 1. The Morgan fingerprint density at radius 1 is 1.15 bits per heavy atom. The Labute approximate surface area is 170 Å². The minimum atomic E-state index is -0.400. The molecule has 8 heteroatoms. The number of rotatable bonds is 3. The molecule has 1 aliphatic heterocycles. The molecule has 1 aliphatic rings. The molecular weight excluding hydrogens is 408 g/mol. The van der Waals surface area contributed by atoms with Crippen LogP contribution in [-0.4, -0.2) is 32.9 Å². The lowest BCUT2D eigenvalue weighted by molar-refractivity contribution is 0.560. The van der Waals surface area contributed by atoms with E-state index in [0.717, 1.165) is 42.6 Å². The summed E-state index contributed by atoms with van der Waals surface area (Å²) < 4.78 is 24.0. The Bertz CT molecular complexity index is 1000. The van der Waals surface area contributed by atoms with E-state index >= 15 is 0 Å². The number of halogens is 3. The maximum atomic E-state index is 14.5. The van der Waals surface area contributed by atoms with Gasteiger partial charge in [0.05, 0.1) is 15.4 Å². The van der Waals surface area contributed by atoms with E-state index in [2.05, 4.69) is 14.9 Å². The molecule has 1 atom stereocenters. The second-order valence-electron chi connectivity index (χ2n) is 6.46. The predicted octanol–water partition coefficient (Wildman–Crippen LogP) is 5.92. The molecule has 3 aromatic rings. The molecule has 2 aromatic carbocycles. The number of hydrogen-bond donors (Lipinski definition) is 1. The van der Waals surface area contributed by atoms with Crippen LogP contribution >= 0.6 is 35.2 Å². The first-order chi connectivity index (χ1) is 13.1. The minimum absolute atomic E-state index is 0.103. The highest BCUT2D eigenvalue weighted by atomic mass is 35.5. The average Bonchev–Trinajstić information content (AvgIpc) is 2.70. The molecule has 1 unspecified atom stereocenters. The average molecular weight is 424 g/mol. The zero-order valence-electron chi connectivity index (χ0n) is 14.2. The number of aromatic nitrogens is 2. The van der Waals surface area contributed by atoms with E-state index in [9.17, 15) is 8.94 Å². The van der Waals surface area contributed by atoms with E-state index in [4.69, 9.17) is 23.2 Å². The van der Waals surface area contributed by atoms with Gasteiger partial charge in [-0.3, -0.25) is 0 Å². The van der Waals surface area contributed by atoms with E-state index in [-0.39, 0.29) is 10.8 Å². The number of hydrogen-bond acceptors (Lipinski definition) is 5. The Morgan fingerprint density at radius 2 is 2.00 bits per heavy atom. The van der Waals surface area contributed by atoms with Gasteiger partial charge in [-0.25, -0.2) is 14.4 Å².